The Morgan fingerprint density at radius 1 is 1.05 bits per heavy atom. The van der Waals surface area contributed by atoms with E-state index in [1.807, 2.05) is 49.3 Å². The number of phenols is 1. The molecule has 41 heavy (non-hydrogen) atoms. The Kier molecular flexibility index (Phi) is 6.79. The van der Waals surface area contributed by atoms with Gasteiger partial charge in [0.25, 0.3) is 5.91 Å². The molecule has 5 rings (SSSR count). The maximum Gasteiger partial charge on any atom is 0.255 e. The molecule has 0 saturated carbocycles. The molecular formula is C31H33N3O7. The highest BCUT2D eigenvalue weighted by atomic mass is 16.3. The number of hydrogen-bond donors (Lipinski definition) is 5. The zero-order valence-corrected chi connectivity index (χ0v) is 23.3. The number of carbonyl (C=O) groups excluding carboxylic acids is 3. The van der Waals surface area contributed by atoms with E-state index in [9.17, 15) is 34.8 Å². The molecule has 1 amide bonds. The van der Waals surface area contributed by atoms with E-state index in [0.29, 0.717) is 16.8 Å². The van der Waals surface area contributed by atoms with Gasteiger partial charge in [-0.1, -0.05) is 42.5 Å². The minimum atomic E-state index is -2.67. The number of ketones is 2. The van der Waals surface area contributed by atoms with Crippen LogP contribution in [0, 0.1) is 11.8 Å². The number of benzene rings is 2. The third-order valence-electron chi connectivity index (χ3n) is 8.47. The number of hydrogen-bond acceptors (Lipinski definition) is 9. The number of phenolic OH excluding ortho intramolecular Hbond substituents is 1. The van der Waals surface area contributed by atoms with E-state index in [1.165, 1.54) is 4.90 Å². The molecule has 10 nitrogen and oxygen atoms in total. The molecule has 10 heteroatoms. The van der Waals surface area contributed by atoms with Crippen LogP contribution in [0.1, 0.15) is 33.5 Å². The van der Waals surface area contributed by atoms with Gasteiger partial charge in [-0.05, 0) is 50.0 Å². The van der Waals surface area contributed by atoms with Crippen molar-refractivity contribution in [2.24, 2.45) is 17.6 Å². The van der Waals surface area contributed by atoms with Gasteiger partial charge in [0.05, 0.1) is 11.6 Å². The quantitative estimate of drug-likeness (QED) is 0.273. The van der Waals surface area contributed by atoms with Gasteiger partial charge < -0.3 is 31.1 Å². The lowest BCUT2D eigenvalue weighted by molar-refractivity contribution is -0.148. The largest absolute Gasteiger partial charge is 0.510 e. The molecule has 0 aliphatic heterocycles. The van der Waals surface area contributed by atoms with Crippen LogP contribution in [0.4, 0.5) is 5.69 Å². The minimum absolute atomic E-state index is 0.0234. The van der Waals surface area contributed by atoms with Crippen molar-refractivity contribution in [2.45, 2.75) is 24.5 Å². The molecule has 4 atom stereocenters. The van der Waals surface area contributed by atoms with Crippen molar-refractivity contribution in [1.29, 1.82) is 0 Å². The second-order valence-corrected chi connectivity index (χ2v) is 11.3. The average molecular weight is 560 g/mol. The molecular weight excluding hydrogens is 526 g/mol. The summed E-state index contributed by atoms with van der Waals surface area (Å²) < 4.78 is 0. The van der Waals surface area contributed by atoms with Gasteiger partial charge in [-0.2, -0.15) is 0 Å². The van der Waals surface area contributed by atoms with Gasteiger partial charge in [0.1, 0.15) is 22.8 Å². The van der Waals surface area contributed by atoms with E-state index in [4.69, 9.17) is 5.73 Å². The summed E-state index contributed by atoms with van der Waals surface area (Å²) in [6.45, 7) is 0. The first-order valence-corrected chi connectivity index (χ1v) is 13.2. The van der Waals surface area contributed by atoms with Gasteiger partial charge in [0, 0.05) is 36.8 Å². The van der Waals surface area contributed by atoms with Crippen LogP contribution >= 0.6 is 0 Å². The Morgan fingerprint density at radius 3 is 2.29 bits per heavy atom. The maximum atomic E-state index is 14.1. The van der Waals surface area contributed by atoms with Gasteiger partial charge >= 0.3 is 0 Å². The predicted octanol–water partition coefficient (Wildman–Crippen LogP) is 2.36. The summed E-state index contributed by atoms with van der Waals surface area (Å²) in [6.07, 6.45) is 3.75. The fourth-order valence-electron chi connectivity index (χ4n) is 6.60. The summed E-state index contributed by atoms with van der Waals surface area (Å²) in [6, 6.07) is 10.2. The van der Waals surface area contributed by atoms with Crippen molar-refractivity contribution in [1.82, 2.24) is 4.90 Å². The number of likely N-dealkylation sites (N-methyl/N-ethyl adjacent to an activating group) is 1. The van der Waals surface area contributed by atoms with Crippen LogP contribution in [0.3, 0.4) is 0 Å². The predicted molar refractivity (Wildman–Crippen MR) is 153 cm³/mol. The number of amides is 1. The van der Waals surface area contributed by atoms with E-state index >= 15 is 0 Å². The van der Waals surface area contributed by atoms with Crippen LogP contribution in [0.25, 0.3) is 12.2 Å². The normalized spacial score (nSPS) is 25.9. The molecule has 0 spiro atoms. The summed E-state index contributed by atoms with van der Waals surface area (Å²) in [5, 5.41) is 45.5. The molecule has 3 aliphatic rings. The highest BCUT2D eigenvalue weighted by molar-refractivity contribution is 6.25. The lowest BCUT2D eigenvalue weighted by Gasteiger charge is -2.50. The number of aliphatic hydroxyl groups is 3. The Bertz CT molecular complexity index is 1570. The number of aliphatic hydroxyl groups excluding tert-OH is 2. The molecule has 0 fully saturated rings. The van der Waals surface area contributed by atoms with E-state index in [2.05, 4.69) is 0 Å². The number of allylic oxidation sites excluding steroid dienone is 1. The minimum Gasteiger partial charge on any atom is -0.510 e. The third kappa shape index (κ3) is 4.13. The lowest BCUT2D eigenvalue weighted by atomic mass is 9.58. The Labute approximate surface area is 237 Å². The van der Waals surface area contributed by atoms with Crippen molar-refractivity contribution in [3.8, 4) is 5.75 Å². The summed E-state index contributed by atoms with van der Waals surface area (Å²) in [5.74, 6) is -6.70. The van der Waals surface area contributed by atoms with Crippen LogP contribution < -0.4 is 10.6 Å². The smallest absolute Gasteiger partial charge is 0.255 e. The van der Waals surface area contributed by atoms with Crippen molar-refractivity contribution in [3.05, 3.63) is 81.3 Å². The average Bonchev–Trinajstić information content (AvgIpc) is 2.90. The van der Waals surface area contributed by atoms with Crippen LogP contribution in [-0.4, -0.2) is 82.6 Å². The molecule has 0 bridgehead atoms. The molecule has 2 unspecified atom stereocenters. The highest BCUT2D eigenvalue weighted by Crippen LogP contribution is 2.53. The van der Waals surface area contributed by atoms with Crippen molar-refractivity contribution < 1.29 is 34.8 Å². The Balaban J connectivity index is 1.70. The van der Waals surface area contributed by atoms with E-state index in [-0.39, 0.29) is 29.7 Å². The SMILES string of the molecule is CN(C)c1cc(/C=C/c2ccccc2)c(O)c2c1CC1CC3[C@H](N(C)C)C(O)=C(C(N)=O)C(=O)[C@@]3(O)C(O)=C1C2=O. The summed E-state index contributed by atoms with van der Waals surface area (Å²) in [4.78, 5) is 43.1. The number of rotatable bonds is 5. The van der Waals surface area contributed by atoms with Gasteiger partial charge in [-0.25, -0.2) is 0 Å². The summed E-state index contributed by atoms with van der Waals surface area (Å²) in [5.41, 5.74) is 4.21. The number of Topliss-reactive ketones (excluding diaryl/α,β-unsaturated/α-hetero) is 2. The van der Waals surface area contributed by atoms with E-state index < -0.39 is 58.0 Å². The van der Waals surface area contributed by atoms with Gasteiger partial charge in [-0.3, -0.25) is 19.3 Å². The van der Waals surface area contributed by atoms with Crippen molar-refractivity contribution >= 4 is 35.3 Å². The number of aromatic hydroxyl groups is 1. The third-order valence-corrected chi connectivity index (χ3v) is 8.47. The van der Waals surface area contributed by atoms with E-state index in [0.717, 1.165) is 5.56 Å². The molecule has 0 aromatic heterocycles. The maximum absolute atomic E-state index is 14.1. The molecule has 2 aromatic carbocycles. The number of nitrogens with zero attached hydrogens (tertiary/aromatic N) is 2. The topological polar surface area (TPSA) is 165 Å². The van der Waals surface area contributed by atoms with Crippen LogP contribution in [0.15, 0.2) is 59.1 Å². The number of fused-ring (bicyclic) bond motifs is 3. The number of carbonyl (C=O) groups is 3. The number of nitrogens with two attached hydrogens (primary N) is 1. The Hall–Kier alpha value is -4.41. The molecule has 0 saturated heterocycles. The fourth-order valence-corrected chi connectivity index (χ4v) is 6.60. The van der Waals surface area contributed by atoms with Crippen molar-refractivity contribution in [2.75, 3.05) is 33.1 Å². The standard InChI is InChI=1S/C31H33N3O7/c1-33(2)20-14-16(11-10-15-8-6-5-7-9-15)25(35)22-18(20)12-17-13-19-24(34(3)4)27(37)23(30(32)40)29(39)31(19,41)28(38)21(17)26(22)36/h5-11,14,17,19,24,35,37-38,41H,12-13H2,1-4H3,(H2,32,40)/b11-10+/t17?,19?,24-,31-/m0/s1. The number of anilines is 1. The lowest BCUT2D eigenvalue weighted by Crippen LogP contribution is -2.63. The highest BCUT2D eigenvalue weighted by Gasteiger charge is 2.63. The number of primary amides is 1. The van der Waals surface area contributed by atoms with Crippen LogP contribution in [0.5, 0.6) is 5.75 Å². The molecule has 2 aromatic rings. The monoisotopic (exact) mass is 559 g/mol. The first kappa shape index (κ1) is 28.1. The first-order chi connectivity index (χ1) is 19.3. The van der Waals surface area contributed by atoms with Gasteiger partial charge in [0.2, 0.25) is 5.78 Å². The second kappa shape index (κ2) is 9.90. The first-order valence-electron chi connectivity index (χ1n) is 13.2. The second-order valence-electron chi connectivity index (χ2n) is 11.3. The van der Waals surface area contributed by atoms with Crippen LogP contribution in [-0.2, 0) is 16.0 Å². The molecule has 6 N–H and O–H groups in total. The zero-order chi connectivity index (χ0) is 30.0. The zero-order valence-electron chi connectivity index (χ0n) is 23.3. The molecule has 3 aliphatic carbocycles. The molecule has 0 radical (unpaired) electrons. The molecule has 214 valence electrons. The van der Waals surface area contributed by atoms with Gasteiger partial charge in [0.15, 0.2) is 11.4 Å². The van der Waals surface area contributed by atoms with E-state index in [1.54, 1.807) is 32.3 Å². The van der Waals surface area contributed by atoms with Crippen LogP contribution in [0.2, 0.25) is 0 Å². The molecule has 0 heterocycles. The van der Waals surface area contributed by atoms with Crippen molar-refractivity contribution in [3.63, 3.8) is 0 Å². The Morgan fingerprint density at radius 2 is 1.71 bits per heavy atom. The summed E-state index contributed by atoms with van der Waals surface area (Å²) in [7, 11) is 6.83. The fraction of sp³-hybridized carbons (Fsp3) is 0.323. The summed E-state index contributed by atoms with van der Waals surface area (Å²) >= 11 is 0. The van der Waals surface area contributed by atoms with Gasteiger partial charge in [-0.15, -0.1) is 0 Å².